The SMILES string of the molecule is O=C(Cc1csc(Cc2ccccc2)n1)NCCNS(=O)(=O)c1ccccc1. The van der Waals surface area contributed by atoms with Crippen molar-refractivity contribution in [1.82, 2.24) is 15.0 Å². The predicted molar refractivity (Wildman–Crippen MR) is 110 cm³/mol. The zero-order valence-corrected chi connectivity index (χ0v) is 16.8. The minimum absolute atomic E-state index is 0.124. The van der Waals surface area contributed by atoms with Gasteiger partial charge in [0.15, 0.2) is 0 Å². The van der Waals surface area contributed by atoms with Crippen molar-refractivity contribution in [3.8, 4) is 0 Å². The molecule has 2 aromatic carbocycles. The number of carbonyl (C=O) groups excluding carboxylic acids is 1. The first kappa shape index (κ1) is 20.2. The van der Waals surface area contributed by atoms with Crippen molar-refractivity contribution in [2.75, 3.05) is 13.1 Å². The molecule has 0 atom stereocenters. The van der Waals surface area contributed by atoms with Crippen LogP contribution in [-0.4, -0.2) is 32.4 Å². The van der Waals surface area contributed by atoms with Crippen LogP contribution in [0.4, 0.5) is 0 Å². The molecular weight excluding hydrogens is 394 g/mol. The molecule has 28 heavy (non-hydrogen) atoms. The smallest absolute Gasteiger partial charge is 0.240 e. The second-order valence-corrected chi connectivity index (χ2v) is 8.84. The summed E-state index contributed by atoms with van der Waals surface area (Å²) in [6.07, 6.45) is 0.922. The van der Waals surface area contributed by atoms with Gasteiger partial charge in [0.25, 0.3) is 0 Å². The predicted octanol–water partition coefficient (Wildman–Crippen LogP) is 2.37. The van der Waals surface area contributed by atoms with Gasteiger partial charge in [0.05, 0.1) is 22.0 Å². The molecule has 0 fully saturated rings. The van der Waals surface area contributed by atoms with Crippen LogP contribution in [0.5, 0.6) is 0 Å². The number of hydrogen-bond acceptors (Lipinski definition) is 5. The van der Waals surface area contributed by atoms with E-state index in [0.29, 0.717) is 0 Å². The van der Waals surface area contributed by atoms with E-state index in [0.717, 1.165) is 17.1 Å². The van der Waals surface area contributed by atoms with E-state index >= 15 is 0 Å². The maximum absolute atomic E-state index is 12.1. The molecule has 0 radical (unpaired) electrons. The van der Waals surface area contributed by atoms with Gasteiger partial charge >= 0.3 is 0 Å². The van der Waals surface area contributed by atoms with E-state index in [4.69, 9.17) is 0 Å². The van der Waals surface area contributed by atoms with Crippen molar-refractivity contribution in [2.24, 2.45) is 0 Å². The fraction of sp³-hybridized carbons (Fsp3) is 0.200. The van der Waals surface area contributed by atoms with Gasteiger partial charge in [-0.25, -0.2) is 18.1 Å². The second kappa shape index (κ2) is 9.59. The lowest BCUT2D eigenvalue weighted by Gasteiger charge is -2.07. The Morgan fingerprint density at radius 2 is 1.64 bits per heavy atom. The molecule has 0 bridgehead atoms. The number of hydrogen-bond donors (Lipinski definition) is 2. The van der Waals surface area contributed by atoms with E-state index in [1.54, 1.807) is 18.2 Å². The molecule has 0 unspecified atom stereocenters. The molecule has 3 aromatic rings. The summed E-state index contributed by atoms with van der Waals surface area (Å²) in [5.41, 5.74) is 1.90. The van der Waals surface area contributed by atoms with Crippen LogP contribution in [0.3, 0.4) is 0 Å². The second-order valence-electron chi connectivity index (χ2n) is 6.13. The highest BCUT2D eigenvalue weighted by Gasteiger charge is 2.13. The fourth-order valence-corrected chi connectivity index (χ4v) is 4.46. The van der Waals surface area contributed by atoms with E-state index in [1.807, 2.05) is 35.7 Å². The summed E-state index contributed by atoms with van der Waals surface area (Å²) < 4.78 is 26.6. The van der Waals surface area contributed by atoms with Gasteiger partial charge in [-0.05, 0) is 17.7 Å². The highest BCUT2D eigenvalue weighted by atomic mass is 32.2. The van der Waals surface area contributed by atoms with Crippen molar-refractivity contribution in [3.05, 3.63) is 82.3 Å². The van der Waals surface area contributed by atoms with Gasteiger partial charge in [-0.3, -0.25) is 4.79 Å². The van der Waals surface area contributed by atoms with Crippen molar-refractivity contribution in [2.45, 2.75) is 17.7 Å². The number of aromatic nitrogens is 1. The number of nitrogens with one attached hydrogen (secondary N) is 2. The summed E-state index contributed by atoms with van der Waals surface area (Å²) in [4.78, 5) is 16.8. The van der Waals surface area contributed by atoms with Crippen molar-refractivity contribution in [1.29, 1.82) is 0 Å². The fourth-order valence-electron chi connectivity index (χ4n) is 2.58. The zero-order valence-electron chi connectivity index (χ0n) is 15.2. The third kappa shape index (κ3) is 5.98. The minimum atomic E-state index is -3.56. The summed E-state index contributed by atoms with van der Waals surface area (Å²) >= 11 is 1.53. The summed E-state index contributed by atoms with van der Waals surface area (Å²) in [5, 5.41) is 5.56. The third-order valence-corrected chi connectivity index (χ3v) is 6.31. The van der Waals surface area contributed by atoms with Crippen molar-refractivity contribution in [3.63, 3.8) is 0 Å². The number of rotatable bonds is 9. The highest BCUT2D eigenvalue weighted by Crippen LogP contribution is 2.15. The maximum atomic E-state index is 12.1. The van der Waals surface area contributed by atoms with Crippen LogP contribution in [0.25, 0.3) is 0 Å². The van der Waals surface area contributed by atoms with Gasteiger partial charge in [-0.15, -0.1) is 11.3 Å². The maximum Gasteiger partial charge on any atom is 0.240 e. The first-order valence-corrected chi connectivity index (χ1v) is 11.2. The average molecular weight is 416 g/mol. The van der Waals surface area contributed by atoms with Gasteiger partial charge in [-0.1, -0.05) is 48.5 Å². The van der Waals surface area contributed by atoms with Crippen LogP contribution >= 0.6 is 11.3 Å². The molecule has 0 aliphatic heterocycles. The molecule has 6 nitrogen and oxygen atoms in total. The Labute approximate surface area is 168 Å². The number of nitrogens with zero attached hydrogens (tertiary/aromatic N) is 1. The van der Waals surface area contributed by atoms with Crippen molar-refractivity contribution >= 4 is 27.3 Å². The topological polar surface area (TPSA) is 88.2 Å². The Hall–Kier alpha value is -2.55. The normalized spacial score (nSPS) is 11.3. The van der Waals surface area contributed by atoms with Crippen LogP contribution in [0.15, 0.2) is 70.9 Å². The van der Waals surface area contributed by atoms with Gasteiger partial charge in [0.2, 0.25) is 15.9 Å². The van der Waals surface area contributed by atoms with Gasteiger partial charge in [0.1, 0.15) is 0 Å². The van der Waals surface area contributed by atoms with E-state index in [-0.39, 0.29) is 30.3 Å². The molecule has 0 saturated heterocycles. The van der Waals surface area contributed by atoms with Crippen LogP contribution in [0.2, 0.25) is 0 Å². The Bertz CT molecular complexity index is 1000. The van der Waals surface area contributed by atoms with Gasteiger partial charge in [0, 0.05) is 24.9 Å². The molecule has 0 spiro atoms. The highest BCUT2D eigenvalue weighted by molar-refractivity contribution is 7.89. The number of sulfonamides is 1. The number of benzene rings is 2. The summed E-state index contributed by atoms with van der Waals surface area (Å²) in [6, 6.07) is 18.2. The first-order chi connectivity index (χ1) is 13.5. The van der Waals surface area contributed by atoms with Crippen LogP contribution in [0, 0.1) is 0 Å². The Balaban J connectivity index is 1.41. The van der Waals surface area contributed by atoms with Crippen LogP contribution < -0.4 is 10.0 Å². The van der Waals surface area contributed by atoms with E-state index in [9.17, 15) is 13.2 Å². The molecule has 0 aliphatic rings. The monoisotopic (exact) mass is 415 g/mol. The van der Waals surface area contributed by atoms with E-state index in [1.165, 1.54) is 29.0 Å². The van der Waals surface area contributed by atoms with E-state index in [2.05, 4.69) is 15.0 Å². The van der Waals surface area contributed by atoms with Crippen LogP contribution in [-0.2, 0) is 27.7 Å². The molecule has 1 heterocycles. The Kier molecular flexibility index (Phi) is 6.91. The standard InChI is InChI=1S/C20H21N3O3S2/c24-19(21-11-12-22-28(25,26)18-9-5-2-6-10-18)14-17-15-27-20(23-17)13-16-7-3-1-4-8-16/h1-10,15,22H,11-14H2,(H,21,24). The molecule has 2 N–H and O–H groups in total. The molecule has 146 valence electrons. The molecular formula is C20H21N3O3S2. The largest absolute Gasteiger partial charge is 0.354 e. The van der Waals surface area contributed by atoms with Crippen molar-refractivity contribution < 1.29 is 13.2 Å². The van der Waals surface area contributed by atoms with Gasteiger partial charge in [-0.2, -0.15) is 0 Å². The first-order valence-electron chi connectivity index (χ1n) is 8.81. The Morgan fingerprint density at radius 3 is 2.36 bits per heavy atom. The molecule has 0 aliphatic carbocycles. The lowest BCUT2D eigenvalue weighted by Crippen LogP contribution is -2.35. The van der Waals surface area contributed by atoms with E-state index < -0.39 is 10.0 Å². The number of thiazole rings is 1. The molecule has 8 heteroatoms. The molecule has 0 saturated carbocycles. The lowest BCUT2D eigenvalue weighted by molar-refractivity contribution is -0.120. The van der Waals surface area contributed by atoms with Crippen LogP contribution in [0.1, 0.15) is 16.3 Å². The third-order valence-electron chi connectivity index (χ3n) is 3.93. The summed E-state index contributed by atoms with van der Waals surface area (Å²) in [7, 11) is -3.56. The number of carbonyl (C=O) groups is 1. The summed E-state index contributed by atoms with van der Waals surface area (Å²) in [6.45, 7) is 0.338. The zero-order chi connectivity index (χ0) is 19.8. The molecule has 3 rings (SSSR count). The molecule has 1 aromatic heterocycles. The lowest BCUT2D eigenvalue weighted by atomic mass is 10.2. The van der Waals surface area contributed by atoms with Gasteiger partial charge < -0.3 is 5.32 Å². The Morgan fingerprint density at radius 1 is 0.964 bits per heavy atom. The molecule has 1 amide bonds. The summed E-state index contributed by atoms with van der Waals surface area (Å²) in [5.74, 6) is -0.185. The quantitative estimate of drug-likeness (QED) is 0.525. The average Bonchev–Trinajstić information content (AvgIpc) is 3.13. The number of amides is 1. The minimum Gasteiger partial charge on any atom is -0.354 e.